The number of hydrogen-bond acceptors (Lipinski definition) is 4. The lowest BCUT2D eigenvalue weighted by Gasteiger charge is -2.09. The highest BCUT2D eigenvalue weighted by Crippen LogP contribution is 2.22. The summed E-state index contributed by atoms with van der Waals surface area (Å²) >= 11 is 5.95. The zero-order valence-electron chi connectivity index (χ0n) is 10.7. The van der Waals surface area contributed by atoms with Gasteiger partial charge >= 0.3 is 7.12 Å². The lowest BCUT2D eigenvalue weighted by atomic mass is 9.80. The molecule has 0 unspecified atom stereocenters. The molecule has 0 radical (unpaired) electrons. The molecule has 0 heterocycles. The first-order valence-corrected chi connectivity index (χ1v) is 6.51. The van der Waals surface area contributed by atoms with Crippen molar-refractivity contribution in [2.24, 2.45) is 0 Å². The van der Waals surface area contributed by atoms with Crippen molar-refractivity contribution in [3.8, 4) is 11.5 Å². The van der Waals surface area contributed by atoms with Gasteiger partial charge in [-0.25, -0.2) is 0 Å². The molecule has 0 fully saturated rings. The van der Waals surface area contributed by atoms with Gasteiger partial charge in [0.15, 0.2) is 0 Å². The number of para-hydroxylation sites is 1. The largest absolute Gasteiger partial charge is 0.490 e. The second-order valence-corrected chi connectivity index (χ2v) is 4.48. The zero-order chi connectivity index (χ0) is 14.4. The molecule has 0 aliphatic rings. The predicted molar refractivity (Wildman–Crippen MR) is 78.7 cm³/mol. The quantitative estimate of drug-likeness (QED) is 0.625. The Morgan fingerprint density at radius 3 is 2.20 bits per heavy atom. The third-order valence-corrected chi connectivity index (χ3v) is 2.94. The van der Waals surface area contributed by atoms with Crippen LogP contribution >= 0.6 is 11.6 Å². The van der Waals surface area contributed by atoms with Crippen molar-refractivity contribution in [1.82, 2.24) is 0 Å². The van der Waals surface area contributed by atoms with Crippen molar-refractivity contribution < 1.29 is 19.5 Å². The van der Waals surface area contributed by atoms with E-state index in [1.165, 1.54) is 0 Å². The van der Waals surface area contributed by atoms with E-state index in [0.717, 1.165) is 0 Å². The van der Waals surface area contributed by atoms with Crippen molar-refractivity contribution in [2.75, 3.05) is 13.2 Å². The van der Waals surface area contributed by atoms with E-state index in [1.54, 1.807) is 36.4 Å². The fraction of sp³-hybridized carbons (Fsp3) is 0.143. The smallest absolute Gasteiger partial charge is 0.488 e. The molecule has 0 saturated heterocycles. The van der Waals surface area contributed by atoms with Crippen LogP contribution in [0.25, 0.3) is 0 Å². The van der Waals surface area contributed by atoms with E-state index < -0.39 is 7.12 Å². The SMILES string of the molecule is OB(O)c1ccc(OCCOc2ccccc2Cl)cc1. The van der Waals surface area contributed by atoms with Crippen LogP contribution in [0, 0.1) is 0 Å². The fourth-order valence-corrected chi connectivity index (χ4v) is 1.80. The summed E-state index contributed by atoms with van der Waals surface area (Å²) in [5.74, 6) is 1.26. The van der Waals surface area contributed by atoms with Gasteiger partial charge in [0.25, 0.3) is 0 Å². The molecule has 20 heavy (non-hydrogen) atoms. The van der Waals surface area contributed by atoms with Crippen molar-refractivity contribution in [3.63, 3.8) is 0 Å². The third kappa shape index (κ3) is 4.16. The van der Waals surface area contributed by atoms with E-state index in [0.29, 0.717) is 35.2 Å². The highest BCUT2D eigenvalue weighted by molar-refractivity contribution is 6.58. The molecule has 2 rings (SSSR count). The zero-order valence-corrected chi connectivity index (χ0v) is 11.5. The molecule has 0 amide bonds. The molecule has 0 aromatic heterocycles. The van der Waals surface area contributed by atoms with Crippen LogP contribution in [-0.2, 0) is 0 Å². The minimum atomic E-state index is -1.47. The van der Waals surface area contributed by atoms with Crippen LogP contribution < -0.4 is 14.9 Å². The normalized spacial score (nSPS) is 10.2. The molecule has 0 atom stereocenters. The number of ether oxygens (including phenoxy) is 2. The predicted octanol–water partition coefficient (Wildman–Crippen LogP) is 1.48. The Bertz CT molecular complexity index is 545. The van der Waals surface area contributed by atoms with Gasteiger partial charge in [0.2, 0.25) is 0 Å². The lowest BCUT2D eigenvalue weighted by molar-refractivity contribution is 0.217. The molecule has 104 valence electrons. The molecule has 2 aromatic carbocycles. The number of halogens is 1. The van der Waals surface area contributed by atoms with E-state index in [9.17, 15) is 0 Å². The van der Waals surface area contributed by atoms with Crippen molar-refractivity contribution in [1.29, 1.82) is 0 Å². The molecule has 4 nitrogen and oxygen atoms in total. The Morgan fingerprint density at radius 1 is 0.900 bits per heavy atom. The second kappa shape index (κ2) is 7.19. The van der Waals surface area contributed by atoms with Crippen LogP contribution in [0.4, 0.5) is 0 Å². The minimum absolute atomic E-state index is 0.367. The molecule has 0 aliphatic carbocycles. The van der Waals surface area contributed by atoms with E-state index in [-0.39, 0.29) is 0 Å². The maximum Gasteiger partial charge on any atom is 0.488 e. The van der Waals surface area contributed by atoms with Gasteiger partial charge in [-0.2, -0.15) is 0 Å². The Labute approximate surface area is 122 Å². The summed E-state index contributed by atoms with van der Waals surface area (Å²) in [5.41, 5.74) is 0.421. The lowest BCUT2D eigenvalue weighted by Crippen LogP contribution is -2.29. The van der Waals surface area contributed by atoms with Crippen LogP contribution in [0.1, 0.15) is 0 Å². The molecular weight excluding hydrogens is 278 g/mol. The Balaban J connectivity index is 1.77. The van der Waals surface area contributed by atoms with Gasteiger partial charge in [0.05, 0.1) is 5.02 Å². The maximum absolute atomic E-state index is 8.96. The summed E-state index contributed by atoms with van der Waals surface area (Å²) in [6.45, 7) is 0.736. The number of hydrogen-bond donors (Lipinski definition) is 2. The Kier molecular flexibility index (Phi) is 5.29. The van der Waals surface area contributed by atoms with Crippen molar-refractivity contribution in [3.05, 3.63) is 53.6 Å². The highest BCUT2D eigenvalue weighted by Gasteiger charge is 2.09. The summed E-state index contributed by atoms with van der Waals surface area (Å²) < 4.78 is 11.0. The van der Waals surface area contributed by atoms with Crippen LogP contribution in [0.3, 0.4) is 0 Å². The minimum Gasteiger partial charge on any atom is -0.490 e. The maximum atomic E-state index is 8.96. The average Bonchev–Trinajstić information content (AvgIpc) is 2.46. The molecule has 0 bridgehead atoms. The molecule has 0 spiro atoms. The van der Waals surface area contributed by atoms with Gasteiger partial charge in [-0.15, -0.1) is 0 Å². The van der Waals surface area contributed by atoms with Crippen LogP contribution in [0.2, 0.25) is 5.02 Å². The molecule has 2 aromatic rings. The molecule has 6 heteroatoms. The molecule has 0 saturated carbocycles. The summed E-state index contributed by atoms with van der Waals surface area (Å²) in [7, 11) is -1.47. The summed E-state index contributed by atoms with van der Waals surface area (Å²) in [5, 5.41) is 18.5. The van der Waals surface area contributed by atoms with Crippen molar-refractivity contribution in [2.45, 2.75) is 0 Å². The van der Waals surface area contributed by atoms with E-state index in [1.807, 2.05) is 12.1 Å². The van der Waals surface area contributed by atoms with Gasteiger partial charge in [-0.1, -0.05) is 35.9 Å². The first kappa shape index (κ1) is 14.7. The van der Waals surface area contributed by atoms with Crippen LogP contribution in [0.5, 0.6) is 11.5 Å². The summed E-state index contributed by atoms with van der Waals surface area (Å²) in [6, 6.07) is 13.8. The molecular formula is C14H14BClO4. The molecule has 0 aliphatic heterocycles. The topological polar surface area (TPSA) is 58.9 Å². The van der Waals surface area contributed by atoms with E-state index in [2.05, 4.69) is 0 Å². The Hall–Kier alpha value is -1.69. The average molecular weight is 293 g/mol. The highest BCUT2D eigenvalue weighted by atomic mass is 35.5. The van der Waals surface area contributed by atoms with Crippen LogP contribution in [0.15, 0.2) is 48.5 Å². The fourth-order valence-electron chi connectivity index (χ4n) is 1.61. The third-order valence-electron chi connectivity index (χ3n) is 2.62. The first-order chi connectivity index (χ1) is 9.66. The van der Waals surface area contributed by atoms with Crippen LogP contribution in [-0.4, -0.2) is 30.4 Å². The van der Waals surface area contributed by atoms with Gasteiger partial charge in [0.1, 0.15) is 24.7 Å². The summed E-state index contributed by atoms with van der Waals surface area (Å²) in [4.78, 5) is 0. The Morgan fingerprint density at radius 2 is 1.55 bits per heavy atom. The molecule has 2 N–H and O–H groups in total. The van der Waals surface area contributed by atoms with Gasteiger partial charge in [-0.05, 0) is 29.7 Å². The van der Waals surface area contributed by atoms with Crippen molar-refractivity contribution >= 4 is 24.2 Å². The van der Waals surface area contributed by atoms with E-state index in [4.69, 9.17) is 31.1 Å². The monoisotopic (exact) mass is 292 g/mol. The first-order valence-electron chi connectivity index (χ1n) is 6.13. The van der Waals surface area contributed by atoms with Gasteiger partial charge < -0.3 is 19.5 Å². The van der Waals surface area contributed by atoms with Gasteiger partial charge in [0, 0.05) is 0 Å². The van der Waals surface area contributed by atoms with E-state index >= 15 is 0 Å². The number of rotatable bonds is 6. The standard InChI is InChI=1S/C14H14BClO4/c16-13-3-1-2-4-14(13)20-10-9-19-12-7-5-11(6-8-12)15(17)18/h1-8,17-18H,9-10H2. The second-order valence-electron chi connectivity index (χ2n) is 4.07. The summed E-state index contributed by atoms with van der Waals surface area (Å²) in [6.07, 6.45) is 0. The van der Waals surface area contributed by atoms with Gasteiger partial charge in [-0.3, -0.25) is 0 Å². The number of benzene rings is 2.